The number of hydrogen-bond donors (Lipinski definition) is 2. The molecule has 1 aromatic rings. The van der Waals surface area contributed by atoms with Crippen molar-refractivity contribution in [3.05, 3.63) is 35.9 Å². The summed E-state index contributed by atoms with van der Waals surface area (Å²) in [5.41, 5.74) is 12.1. The number of aromatic nitrogens is 2. The molecular formula is C25H38N6. The van der Waals surface area contributed by atoms with Gasteiger partial charge in [-0.1, -0.05) is 19.9 Å². The first kappa shape index (κ1) is 22.2. The molecule has 4 atom stereocenters. The van der Waals surface area contributed by atoms with E-state index in [9.17, 15) is 0 Å². The van der Waals surface area contributed by atoms with Crippen LogP contribution in [0.2, 0.25) is 0 Å². The summed E-state index contributed by atoms with van der Waals surface area (Å²) in [6.45, 7) is 9.14. The monoisotopic (exact) mass is 422 g/mol. The van der Waals surface area contributed by atoms with Gasteiger partial charge < -0.3 is 11.1 Å². The molecule has 3 heterocycles. The third-order valence-corrected chi connectivity index (χ3v) is 7.24. The summed E-state index contributed by atoms with van der Waals surface area (Å²) >= 11 is 0. The van der Waals surface area contributed by atoms with Crippen LogP contribution in [-0.2, 0) is 6.54 Å². The van der Waals surface area contributed by atoms with E-state index >= 15 is 0 Å². The molecule has 3 N–H and O–H groups in total. The molecule has 0 amide bonds. The van der Waals surface area contributed by atoms with Gasteiger partial charge in [0.1, 0.15) is 0 Å². The summed E-state index contributed by atoms with van der Waals surface area (Å²) in [4.78, 5) is 9.82. The maximum absolute atomic E-state index is 5.67. The molecule has 1 fully saturated rings. The van der Waals surface area contributed by atoms with E-state index < -0.39 is 0 Å². The molecule has 6 heteroatoms. The second-order valence-corrected chi connectivity index (χ2v) is 9.40. The second kappa shape index (κ2) is 10.0. The van der Waals surface area contributed by atoms with Gasteiger partial charge in [-0.05, 0) is 69.4 Å². The standard InChI is InChI=1S/C25H38N6/c1-4-27-25(24-7-5-6-17(2)30-24)18(3)19-8-9-23-20(12-19)13-21(14-28-23)22-15-29-31(16-22)11-10-26/h7,14-16,18-20,25,27H,4-6,8-13,26H2,1-3H3. The Morgan fingerprint density at radius 2 is 2.19 bits per heavy atom. The van der Waals surface area contributed by atoms with E-state index in [0.29, 0.717) is 30.3 Å². The van der Waals surface area contributed by atoms with E-state index in [1.807, 2.05) is 10.9 Å². The molecule has 168 valence electrons. The van der Waals surface area contributed by atoms with Crippen LogP contribution in [-0.4, -0.2) is 40.3 Å². The first-order valence-corrected chi connectivity index (χ1v) is 12.0. The number of rotatable bonds is 8. The van der Waals surface area contributed by atoms with Crippen molar-refractivity contribution in [3.63, 3.8) is 0 Å². The van der Waals surface area contributed by atoms with Gasteiger partial charge in [-0.3, -0.25) is 14.7 Å². The summed E-state index contributed by atoms with van der Waals surface area (Å²) in [5, 5.41) is 8.20. The maximum atomic E-state index is 5.67. The molecule has 1 aromatic heterocycles. The molecular weight excluding hydrogens is 384 g/mol. The number of nitrogens with zero attached hydrogens (tertiary/aromatic N) is 4. The van der Waals surface area contributed by atoms with E-state index in [0.717, 1.165) is 38.8 Å². The first-order valence-electron chi connectivity index (χ1n) is 12.0. The van der Waals surface area contributed by atoms with Crippen LogP contribution in [0.4, 0.5) is 0 Å². The molecule has 0 saturated heterocycles. The van der Waals surface area contributed by atoms with Crippen molar-refractivity contribution in [2.75, 3.05) is 13.1 Å². The van der Waals surface area contributed by atoms with Crippen LogP contribution in [0.15, 0.2) is 40.4 Å². The normalized spacial score (nSPS) is 25.7. The Balaban J connectivity index is 1.45. The van der Waals surface area contributed by atoms with Crippen LogP contribution < -0.4 is 11.1 Å². The van der Waals surface area contributed by atoms with E-state index in [4.69, 9.17) is 15.7 Å². The first-order chi connectivity index (χ1) is 15.1. The zero-order valence-corrected chi connectivity index (χ0v) is 19.3. The Bertz CT molecular complexity index is 890. The third-order valence-electron chi connectivity index (χ3n) is 7.24. The minimum absolute atomic E-state index is 0.344. The van der Waals surface area contributed by atoms with Crippen LogP contribution in [0.25, 0.3) is 5.57 Å². The van der Waals surface area contributed by atoms with Crippen molar-refractivity contribution in [3.8, 4) is 0 Å². The summed E-state index contributed by atoms with van der Waals surface area (Å²) in [5.74, 6) is 1.79. The quantitative estimate of drug-likeness (QED) is 0.659. The fourth-order valence-corrected chi connectivity index (χ4v) is 5.46. The predicted octanol–water partition coefficient (Wildman–Crippen LogP) is 4.20. The van der Waals surface area contributed by atoms with E-state index in [2.05, 4.69) is 49.7 Å². The van der Waals surface area contributed by atoms with Crippen LogP contribution in [0.3, 0.4) is 0 Å². The SMILES string of the molecule is CCNC(C1=CCCC(C)=N1)C(C)C1CCC2=NC=C(c3cnn(CCN)c3)CC2C1. The molecule has 4 rings (SSSR count). The second-order valence-electron chi connectivity index (χ2n) is 9.40. The van der Waals surface area contributed by atoms with Gasteiger partial charge in [-0.25, -0.2) is 0 Å². The molecule has 1 aliphatic carbocycles. The van der Waals surface area contributed by atoms with Crippen LogP contribution in [0.1, 0.15) is 64.9 Å². The smallest absolute Gasteiger partial charge is 0.0565 e. The number of aliphatic imine (C=N–C) groups is 2. The maximum Gasteiger partial charge on any atom is 0.0565 e. The zero-order valence-electron chi connectivity index (χ0n) is 19.3. The minimum Gasteiger partial charge on any atom is -0.329 e. The lowest BCUT2D eigenvalue weighted by atomic mass is 9.69. The van der Waals surface area contributed by atoms with Gasteiger partial charge in [0.05, 0.1) is 24.5 Å². The Morgan fingerprint density at radius 1 is 1.32 bits per heavy atom. The number of nitrogens with one attached hydrogen (secondary N) is 1. The Hall–Kier alpha value is -2.05. The number of fused-ring (bicyclic) bond motifs is 1. The van der Waals surface area contributed by atoms with Crippen molar-refractivity contribution >= 4 is 17.0 Å². The van der Waals surface area contributed by atoms with Gasteiger partial charge in [0.15, 0.2) is 0 Å². The van der Waals surface area contributed by atoms with Gasteiger partial charge in [0, 0.05) is 41.8 Å². The molecule has 0 bridgehead atoms. The lowest BCUT2D eigenvalue weighted by Crippen LogP contribution is -2.42. The average molecular weight is 423 g/mol. The largest absolute Gasteiger partial charge is 0.329 e. The summed E-state index contributed by atoms with van der Waals surface area (Å²) in [7, 11) is 0. The highest BCUT2D eigenvalue weighted by molar-refractivity contribution is 5.92. The summed E-state index contributed by atoms with van der Waals surface area (Å²) < 4.78 is 1.93. The highest BCUT2D eigenvalue weighted by Crippen LogP contribution is 2.41. The van der Waals surface area contributed by atoms with Crippen LogP contribution in [0, 0.1) is 17.8 Å². The molecule has 0 aromatic carbocycles. The van der Waals surface area contributed by atoms with Crippen LogP contribution in [0.5, 0.6) is 0 Å². The van der Waals surface area contributed by atoms with Gasteiger partial charge in [0.25, 0.3) is 0 Å². The number of hydrogen-bond acceptors (Lipinski definition) is 5. The topological polar surface area (TPSA) is 80.6 Å². The predicted molar refractivity (Wildman–Crippen MR) is 129 cm³/mol. The fraction of sp³-hybridized carbons (Fsp3) is 0.640. The van der Waals surface area contributed by atoms with Crippen molar-refractivity contribution in [1.82, 2.24) is 15.1 Å². The lowest BCUT2D eigenvalue weighted by molar-refractivity contribution is 0.235. The van der Waals surface area contributed by atoms with Crippen molar-refractivity contribution < 1.29 is 0 Å². The molecule has 4 unspecified atom stereocenters. The highest BCUT2D eigenvalue weighted by Gasteiger charge is 2.36. The van der Waals surface area contributed by atoms with E-state index in [1.54, 1.807) is 0 Å². The molecule has 0 radical (unpaired) electrons. The zero-order chi connectivity index (χ0) is 21.8. The fourth-order valence-electron chi connectivity index (χ4n) is 5.46. The molecule has 31 heavy (non-hydrogen) atoms. The number of allylic oxidation sites excluding steroid dienone is 2. The molecule has 1 saturated carbocycles. The molecule has 6 nitrogen and oxygen atoms in total. The highest BCUT2D eigenvalue weighted by atomic mass is 15.3. The van der Waals surface area contributed by atoms with Gasteiger partial charge >= 0.3 is 0 Å². The van der Waals surface area contributed by atoms with Crippen molar-refractivity contribution in [1.29, 1.82) is 0 Å². The van der Waals surface area contributed by atoms with Crippen LogP contribution >= 0.6 is 0 Å². The average Bonchev–Trinajstić information content (AvgIpc) is 3.25. The molecule has 0 spiro atoms. The van der Waals surface area contributed by atoms with Gasteiger partial charge in [-0.15, -0.1) is 0 Å². The molecule has 3 aliphatic rings. The van der Waals surface area contributed by atoms with Gasteiger partial charge in [0.2, 0.25) is 0 Å². The Labute approximate surface area is 186 Å². The van der Waals surface area contributed by atoms with Crippen molar-refractivity contribution in [2.24, 2.45) is 33.5 Å². The summed E-state index contributed by atoms with van der Waals surface area (Å²) in [6.07, 6.45) is 15.4. The lowest BCUT2D eigenvalue weighted by Gasteiger charge is -2.39. The minimum atomic E-state index is 0.344. The van der Waals surface area contributed by atoms with E-state index in [-0.39, 0.29) is 0 Å². The van der Waals surface area contributed by atoms with E-state index in [1.165, 1.54) is 41.1 Å². The molecule has 2 aliphatic heterocycles. The van der Waals surface area contributed by atoms with Gasteiger partial charge in [-0.2, -0.15) is 5.10 Å². The summed E-state index contributed by atoms with van der Waals surface area (Å²) in [6, 6.07) is 0.344. The number of nitrogens with two attached hydrogens (primary N) is 1. The Kier molecular flexibility index (Phi) is 7.18. The Morgan fingerprint density at radius 3 is 2.97 bits per heavy atom. The number of likely N-dealkylation sites (N-methyl/N-ethyl adjacent to an activating group) is 1. The van der Waals surface area contributed by atoms with Crippen molar-refractivity contribution in [2.45, 2.75) is 71.9 Å². The third kappa shape index (κ3) is 5.07.